The smallest absolute Gasteiger partial charge is 0.246 e. The van der Waals surface area contributed by atoms with Gasteiger partial charge in [-0.15, -0.1) is 0 Å². The van der Waals surface area contributed by atoms with Crippen molar-refractivity contribution in [2.45, 2.75) is 31.2 Å². The highest BCUT2D eigenvalue weighted by Crippen LogP contribution is 2.25. The summed E-state index contributed by atoms with van der Waals surface area (Å²) in [6, 6.07) is 0. The zero-order valence-electron chi connectivity index (χ0n) is 15.3. The zero-order chi connectivity index (χ0) is 19.6. The van der Waals surface area contributed by atoms with Crippen LogP contribution in [0.5, 0.6) is 0 Å². The highest BCUT2D eigenvalue weighted by molar-refractivity contribution is 7.89. The molecule has 1 fully saturated rings. The second-order valence-corrected chi connectivity index (χ2v) is 8.98. The molecule has 27 heavy (non-hydrogen) atoms. The number of hydrogen-bond acceptors (Lipinski definition) is 5. The molecule has 2 aromatic heterocycles. The molecule has 3 heterocycles. The quantitative estimate of drug-likeness (QED) is 0.753. The standard InChI is InChI=1S/C16H23ClN6O3S/c1-12-15(9-19-21(12)2)27(25,26)23-6-3-4-13(10-23)16(24)18-5-7-22-11-14(17)8-20-22/h8-9,11,13H,3-7,10H2,1-2H3,(H,18,24). The number of aromatic nitrogens is 4. The Kier molecular flexibility index (Phi) is 5.87. The van der Waals surface area contributed by atoms with Crippen LogP contribution in [0.1, 0.15) is 18.5 Å². The highest BCUT2D eigenvalue weighted by Gasteiger charge is 2.34. The van der Waals surface area contributed by atoms with E-state index in [-0.39, 0.29) is 23.3 Å². The average Bonchev–Trinajstić information content (AvgIpc) is 3.21. The van der Waals surface area contributed by atoms with Crippen molar-refractivity contribution in [1.29, 1.82) is 0 Å². The van der Waals surface area contributed by atoms with Gasteiger partial charge in [-0.25, -0.2) is 8.42 Å². The number of nitrogens with zero attached hydrogens (tertiary/aromatic N) is 5. The summed E-state index contributed by atoms with van der Waals surface area (Å²) in [5.74, 6) is -0.511. The largest absolute Gasteiger partial charge is 0.354 e. The lowest BCUT2D eigenvalue weighted by Crippen LogP contribution is -2.45. The SMILES string of the molecule is Cc1c(S(=O)(=O)N2CCCC(C(=O)NCCn3cc(Cl)cn3)C2)cnn1C. The summed E-state index contributed by atoms with van der Waals surface area (Å²) in [7, 11) is -1.96. The minimum Gasteiger partial charge on any atom is -0.354 e. The van der Waals surface area contributed by atoms with Gasteiger partial charge in [0.25, 0.3) is 0 Å². The van der Waals surface area contributed by atoms with Crippen molar-refractivity contribution in [1.82, 2.24) is 29.2 Å². The summed E-state index contributed by atoms with van der Waals surface area (Å²) >= 11 is 5.81. The molecule has 0 spiro atoms. The zero-order valence-corrected chi connectivity index (χ0v) is 16.9. The monoisotopic (exact) mass is 414 g/mol. The Balaban J connectivity index is 1.59. The first-order chi connectivity index (χ1) is 12.8. The fourth-order valence-electron chi connectivity index (χ4n) is 3.14. The van der Waals surface area contributed by atoms with Gasteiger partial charge in [-0.1, -0.05) is 11.6 Å². The lowest BCUT2D eigenvalue weighted by molar-refractivity contribution is -0.126. The number of amides is 1. The third-order valence-corrected chi connectivity index (χ3v) is 6.97. The normalized spacial score (nSPS) is 18.6. The first-order valence-electron chi connectivity index (χ1n) is 8.73. The Bertz CT molecular complexity index is 922. The molecule has 0 aliphatic carbocycles. The minimum atomic E-state index is -3.66. The first-order valence-corrected chi connectivity index (χ1v) is 10.6. The summed E-state index contributed by atoms with van der Waals surface area (Å²) in [6.07, 6.45) is 5.89. The second-order valence-electron chi connectivity index (χ2n) is 6.63. The maximum Gasteiger partial charge on any atom is 0.246 e. The molecule has 3 rings (SSSR count). The van der Waals surface area contributed by atoms with Crippen LogP contribution in [0.2, 0.25) is 5.02 Å². The van der Waals surface area contributed by atoms with E-state index in [2.05, 4.69) is 15.5 Å². The van der Waals surface area contributed by atoms with E-state index >= 15 is 0 Å². The molecule has 1 N–H and O–H groups in total. The van der Waals surface area contributed by atoms with E-state index in [1.165, 1.54) is 21.4 Å². The van der Waals surface area contributed by atoms with Crippen LogP contribution in [0.4, 0.5) is 0 Å². The van der Waals surface area contributed by atoms with E-state index in [0.29, 0.717) is 43.2 Å². The van der Waals surface area contributed by atoms with Crippen LogP contribution in [-0.4, -0.2) is 57.8 Å². The van der Waals surface area contributed by atoms with E-state index in [1.807, 2.05) is 0 Å². The van der Waals surface area contributed by atoms with Gasteiger partial charge in [0, 0.05) is 32.9 Å². The van der Waals surface area contributed by atoms with E-state index in [9.17, 15) is 13.2 Å². The topological polar surface area (TPSA) is 102 Å². The minimum absolute atomic E-state index is 0.143. The number of rotatable bonds is 6. The molecule has 1 aliphatic heterocycles. The van der Waals surface area contributed by atoms with E-state index in [4.69, 9.17) is 11.6 Å². The number of piperidine rings is 1. The van der Waals surface area contributed by atoms with E-state index in [1.54, 1.807) is 24.9 Å². The van der Waals surface area contributed by atoms with Crippen LogP contribution in [0.25, 0.3) is 0 Å². The summed E-state index contributed by atoms with van der Waals surface area (Å²) in [5.41, 5.74) is 0.583. The molecule has 1 saturated heterocycles. The predicted octanol–water partition coefficient (Wildman–Crippen LogP) is 0.796. The average molecular weight is 415 g/mol. The van der Waals surface area contributed by atoms with Gasteiger partial charge in [0.1, 0.15) is 4.90 Å². The van der Waals surface area contributed by atoms with Crippen molar-refractivity contribution < 1.29 is 13.2 Å². The summed E-state index contributed by atoms with van der Waals surface area (Å²) in [6.45, 7) is 3.21. The van der Waals surface area contributed by atoms with Crippen LogP contribution >= 0.6 is 11.6 Å². The summed E-state index contributed by atoms with van der Waals surface area (Å²) < 4.78 is 30.4. The van der Waals surface area contributed by atoms with Gasteiger partial charge < -0.3 is 5.32 Å². The molecule has 9 nitrogen and oxygen atoms in total. The van der Waals surface area contributed by atoms with Crippen molar-refractivity contribution in [3.63, 3.8) is 0 Å². The number of sulfonamides is 1. The van der Waals surface area contributed by atoms with Crippen molar-refractivity contribution in [2.75, 3.05) is 19.6 Å². The van der Waals surface area contributed by atoms with Crippen molar-refractivity contribution in [3.05, 3.63) is 29.3 Å². The number of halogens is 1. The van der Waals surface area contributed by atoms with E-state index in [0.717, 1.165) is 0 Å². The molecule has 1 amide bonds. The van der Waals surface area contributed by atoms with Gasteiger partial charge in [-0.2, -0.15) is 14.5 Å². The molecule has 1 aliphatic rings. The Morgan fingerprint density at radius 3 is 2.78 bits per heavy atom. The molecule has 0 aromatic carbocycles. The van der Waals surface area contributed by atoms with Gasteiger partial charge in [0.2, 0.25) is 15.9 Å². The van der Waals surface area contributed by atoms with Crippen LogP contribution in [0, 0.1) is 12.8 Å². The maximum absolute atomic E-state index is 12.9. The molecule has 0 bridgehead atoms. The van der Waals surface area contributed by atoms with E-state index < -0.39 is 10.0 Å². The Morgan fingerprint density at radius 2 is 2.15 bits per heavy atom. The molecular formula is C16H23ClN6O3S. The maximum atomic E-state index is 12.9. The molecule has 2 aromatic rings. The van der Waals surface area contributed by atoms with Crippen LogP contribution < -0.4 is 5.32 Å². The number of carbonyl (C=O) groups is 1. The molecule has 0 radical (unpaired) electrons. The Labute approximate surface area is 163 Å². The molecule has 0 saturated carbocycles. The predicted molar refractivity (Wildman–Crippen MR) is 99.7 cm³/mol. The molecule has 1 unspecified atom stereocenters. The third kappa shape index (κ3) is 4.33. The highest BCUT2D eigenvalue weighted by atomic mass is 35.5. The Morgan fingerprint density at radius 1 is 1.37 bits per heavy atom. The van der Waals surface area contributed by atoms with Crippen molar-refractivity contribution >= 4 is 27.5 Å². The summed E-state index contributed by atoms with van der Waals surface area (Å²) in [4.78, 5) is 12.7. The second kappa shape index (κ2) is 7.99. The molecule has 148 valence electrons. The van der Waals surface area contributed by atoms with Gasteiger partial charge in [-0.05, 0) is 19.8 Å². The van der Waals surface area contributed by atoms with Crippen molar-refractivity contribution in [3.8, 4) is 0 Å². The van der Waals surface area contributed by atoms with Crippen LogP contribution in [-0.2, 0) is 28.4 Å². The lowest BCUT2D eigenvalue weighted by atomic mass is 9.99. The van der Waals surface area contributed by atoms with Gasteiger partial charge >= 0.3 is 0 Å². The number of carbonyl (C=O) groups excluding carboxylic acids is 1. The summed E-state index contributed by atoms with van der Waals surface area (Å²) in [5, 5.41) is 11.5. The lowest BCUT2D eigenvalue weighted by Gasteiger charge is -2.31. The van der Waals surface area contributed by atoms with Gasteiger partial charge in [0.05, 0.1) is 35.6 Å². The van der Waals surface area contributed by atoms with Gasteiger partial charge in [-0.3, -0.25) is 14.2 Å². The van der Waals surface area contributed by atoms with Crippen LogP contribution in [0.15, 0.2) is 23.5 Å². The van der Waals surface area contributed by atoms with Crippen LogP contribution in [0.3, 0.4) is 0 Å². The molecular weight excluding hydrogens is 392 g/mol. The Hall–Kier alpha value is -1.91. The number of aryl methyl sites for hydroxylation is 1. The van der Waals surface area contributed by atoms with Crippen molar-refractivity contribution in [2.24, 2.45) is 13.0 Å². The third-order valence-electron chi connectivity index (χ3n) is 4.80. The molecule has 11 heteroatoms. The fraction of sp³-hybridized carbons (Fsp3) is 0.562. The fourth-order valence-corrected chi connectivity index (χ4v) is 5.01. The number of hydrogen-bond donors (Lipinski definition) is 1. The van der Waals surface area contributed by atoms with Gasteiger partial charge in [0.15, 0.2) is 0 Å². The number of nitrogens with one attached hydrogen (secondary N) is 1. The first kappa shape index (κ1) is 19.8. The molecule has 1 atom stereocenters.